The summed E-state index contributed by atoms with van der Waals surface area (Å²) in [6, 6.07) is 11.5. The maximum absolute atomic E-state index is 13.6. The lowest BCUT2D eigenvalue weighted by molar-refractivity contribution is 0.171. The van der Waals surface area contributed by atoms with Gasteiger partial charge >= 0.3 is 0 Å². The van der Waals surface area contributed by atoms with E-state index in [4.69, 9.17) is 25.5 Å². The molecule has 1 aromatic heterocycles. The second-order valence-corrected chi connectivity index (χ2v) is 10.1. The standard InChI is InChI=1S/C24H28ClN3O5S/c1-3-28(4-2)12-6-11-26-23-24(27-22(33-23)17-7-5-8-18(25)15-17)34(29,30)19-9-10-20-21(16-19)32-14-13-31-20/h5,7-10,15-16,26H,3-4,6,11-14H2,1-2H3. The zero-order valence-corrected chi connectivity index (χ0v) is 20.8. The maximum atomic E-state index is 13.6. The second-order valence-electron chi connectivity index (χ2n) is 7.78. The Morgan fingerprint density at radius 2 is 1.82 bits per heavy atom. The van der Waals surface area contributed by atoms with E-state index in [9.17, 15) is 8.42 Å². The van der Waals surface area contributed by atoms with Crippen molar-refractivity contribution < 1.29 is 22.3 Å². The molecule has 0 saturated carbocycles. The van der Waals surface area contributed by atoms with Gasteiger partial charge in [0.2, 0.25) is 26.6 Å². The van der Waals surface area contributed by atoms with Gasteiger partial charge in [0.25, 0.3) is 0 Å². The van der Waals surface area contributed by atoms with E-state index in [-0.39, 0.29) is 21.7 Å². The van der Waals surface area contributed by atoms with Crippen LogP contribution < -0.4 is 14.8 Å². The van der Waals surface area contributed by atoms with Gasteiger partial charge in [-0.15, -0.1) is 0 Å². The maximum Gasteiger partial charge on any atom is 0.233 e. The second kappa shape index (κ2) is 10.7. The van der Waals surface area contributed by atoms with Gasteiger partial charge in [-0.25, -0.2) is 8.42 Å². The lowest BCUT2D eigenvalue weighted by Gasteiger charge is -2.18. The lowest BCUT2D eigenvalue weighted by atomic mass is 10.2. The van der Waals surface area contributed by atoms with Gasteiger partial charge in [-0.3, -0.25) is 0 Å². The number of nitrogens with zero attached hydrogens (tertiary/aromatic N) is 2. The Hall–Kier alpha value is -2.75. The zero-order chi connectivity index (χ0) is 24.1. The van der Waals surface area contributed by atoms with E-state index in [0.29, 0.717) is 41.8 Å². The van der Waals surface area contributed by atoms with Crippen LogP contribution in [0.5, 0.6) is 11.5 Å². The van der Waals surface area contributed by atoms with Crippen LogP contribution in [0.25, 0.3) is 11.5 Å². The van der Waals surface area contributed by atoms with Gasteiger partial charge in [0.15, 0.2) is 11.5 Å². The predicted molar refractivity (Wildman–Crippen MR) is 131 cm³/mol. The first-order chi connectivity index (χ1) is 16.4. The number of fused-ring (bicyclic) bond motifs is 1. The van der Waals surface area contributed by atoms with Gasteiger partial charge in [-0.2, -0.15) is 4.98 Å². The Morgan fingerprint density at radius 1 is 1.06 bits per heavy atom. The highest BCUT2D eigenvalue weighted by atomic mass is 35.5. The van der Waals surface area contributed by atoms with Gasteiger partial charge in [0, 0.05) is 23.2 Å². The average Bonchev–Trinajstić information content (AvgIpc) is 3.29. The molecule has 10 heteroatoms. The molecule has 1 aliphatic rings. The van der Waals surface area contributed by atoms with Crippen LogP contribution in [-0.4, -0.2) is 57.7 Å². The Labute approximate surface area is 204 Å². The smallest absolute Gasteiger partial charge is 0.233 e. The molecule has 8 nitrogen and oxygen atoms in total. The molecular weight excluding hydrogens is 478 g/mol. The van der Waals surface area contributed by atoms with Crippen molar-refractivity contribution in [3.63, 3.8) is 0 Å². The van der Waals surface area contributed by atoms with E-state index < -0.39 is 9.84 Å². The number of aromatic nitrogens is 1. The predicted octanol–water partition coefficient (Wildman–Crippen LogP) is 4.74. The molecule has 2 heterocycles. The van der Waals surface area contributed by atoms with E-state index in [1.165, 1.54) is 12.1 Å². The topological polar surface area (TPSA) is 93.9 Å². The van der Waals surface area contributed by atoms with Crippen molar-refractivity contribution in [2.45, 2.75) is 30.2 Å². The molecular formula is C24H28ClN3O5S. The summed E-state index contributed by atoms with van der Waals surface area (Å²) >= 11 is 6.12. The summed E-state index contributed by atoms with van der Waals surface area (Å²) in [5.41, 5.74) is 0.585. The van der Waals surface area contributed by atoms with Crippen LogP contribution >= 0.6 is 11.6 Å². The van der Waals surface area contributed by atoms with Crippen molar-refractivity contribution >= 4 is 27.3 Å². The molecule has 4 rings (SSSR count). The molecule has 0 aliphatic carbocycles. The Morgan fingerprint density at radius 3 is 2.56 bits per heavy atom. The molecule has 182 valence electrons. The summed E-state index contributed by atoms with van der Waals surface area (Å²) < 4.78 is 44.2. The SMILES string of the molecule is CCN(CC)CCCNc1oc(-c2cccc(Cl)c2)nc1S(=O)(=O)c1ccc2c(c1)OCCO2. The van der Waals surface area contributed by atoms with E-state index >= 15 is 0 Å². The largest absolute Gasteiger partial charge is 0.486 e. The minimum Gasteiger partial charge on any atom is -0.486 e. The molecule has 0 saturated heterocycles. The quantitative estimate of drug-likeness (QED) is 0.395. The lowest BCUT2D eigenvalue weighted by Crippen LogP contribution is -2.25. The average molecular weight is 506 g/mol. The van der Waals surface area contributed by atoms with Crippen LogP contribution in [0.1, 0.15) is 20.3 Å². The fourth-order valence-electron chi connectivity index (χ4n) is 3.69. The van der Waals surface area contributed by atoms with Gasteiger partial charge in [-0.05, 0) is 56.4 Å². The molecule has 0 fully saturated rings. The van der Waals surface area contributed by atoms with E-state index in [0.717, 1.165) is 26.1 Å². The number of sulfone groups is 1. The normalized spacial score (nSPS) is 13.3. The number of nitrogens with one attached hydrogen (secondary N) is 1. The molecule has 2 aromatic carbocycles. The Kier molecular flexibility index (Phi) is 7.65. The molecule has 0 radical (unpaired) electrons. The molecule has 0 amide bonds. The molecule has 0 atom stereocenters. The fourth-order valence-corrected chi connectivity index (χ4v) is 5.18. The molecule has 1 aliphatic heterocycles. The van der Waals surface area contributed by atoms with Crippen molar-refractivity contribution in [2.75, 3.05) is 44.7 Å². The van der Waals surface area contributed by atoms with Crippen LogP contribution in [0.2, 0.25) is 5.02 Å². The van der Waals surface area contributed by atoms with Crippen LogP contribution in [0.3, 0.4) is 0 Å². The monoisotopic (exact) mass is 505 g/mol. The van der Waals surface area contributed by atoms with Gasteiger partial charge < -0.3 is 24.1 Å². The van der Waals surface area contributed by atoms with E-state index in [1.54, 1.807) is 30.3 Å². The Balaban J connectivity index is 1.66. The highest BCUT2D eigenvalue weighted by Crippen LogP contribution is 2.37. The fraction of sp³-hybridized carbons (Fsp3) is 0.375. The molecule has 0 bridgehead atoms. The van der Waals surface area contributed by atoms with Gasteiger partial charge in [0.05, 0.1) is 4.90 Å². The van der Waals surface area contributed by atoms with Crippen LogP contribution in [0.15, 0.2) is 56.8 Å². The van der Waals surface area contributed by atoms with Gasteiger partial charge in [-0.1, -0.05) is 31.5 Å². The van der Waals surface area contributed by atoms with Crippen molar-refractivity contribution in [3.05, 3.63) is 47.5 Å². The molecule has 3 aromatic rings. The first-order valence-corrected chi connectivity index (χ1v) is 13.2. The first-order valence-electron chi connectivity index (χ1n) is 11.3. The summed E-state index contributed by atoms with van der Waals surface area (Å²) in [5, 5.41) is 3.46. The molecule has 0 unspecified atom stereocenters. The third-order valence-electron chi connectivity index (χ3n) is 5.58. The minimum absolute atomic E-state index is 0.0499. The molecule has 34 heavy (non-hydrogen) atoms. The Bertz CT molecular complexity index is 1240. The zero-order valence-electron chi connectivity index (χ0n) is 19.2. The number of oxazole rings is 1. The van der Waals surface area contributed by atoms with Crippen molar-refractivity contribution in [2.24, 2.45) is 0 Å². The van der Waals surface area contributed by atoms with E-state index in [1.807, 2.05) is 0 Å². The number of hydrogen-bond donors (Lipinski definition) is 1. The van der Waals surface area contributed by atoms with Crippen LogP contribution in [0.4, 0.5) is 5.88 Å². The van der Waals surface area contributed by atoms with Crippen molar-refractivity contribution in [1.29, 1.82) is 0 Å². The van der Waals surface area contributed by atoms with E-state index in [2.05, 4.69) is 29.0 Å². The van der Waals surface area contributed by atoms with Crippen LogP contribution in [-0.2, 0) is 9.84 Å². The highest BCUT2D eigenvalue weighted by Gasteiger charge is 2.30. The number of anilines is 1. The summed E-state index contributed by atoms with van der Waals surface area (Å²) in [6.07, 6.45) is 0.818. The number of benzene rings is 2. The minimum atomic E-state index is -4.01. The number of halogens is 1. The highest BCUT2D eigenvalue weighted by molar-refractivity contribution is 7.91. The number of hydrogen-bond acceptors (Lipinski definition) is 8. The van der Waals surface area contributed by atoms with Crippen molar-refractivity contribution in [3.8, 4) is 23.0 Å². The summed E-state index contributed by atoms with van der Waals surface area (Å²) in [7, 11) is -4.01. The van der Waals surface area contributed by atoms with Crippen LogP contribution in [0, 0.1) is 0 Å². The first kappa shape index (κ1) is 24.4. The summed E-state index contributed by atoms with van der Waals surface area (Å²) in [5.74, 6) is 1.17. The summed E-state index contributed by atoms with van der Waals surface area (Å²) in [6.45, 7) is 8.35. The summed E-state index contributed by atoms with van der Waals surface area (Å²) in [4.78, 5) is 6.72. The van der Waals surface area contributed by atoms with Crippen molar-refractivity contribution in [1.82, 2.24) is 9.88 Å². The number of ether oxygens (including phenoxy) is 2. The molecule has 1 N–H and O–H groups in total. The third-order valence-corrected chi connectivity index (χ3v) is 7.47. The number of rotatable bonds is 10. The van der Waals surface area contributed by atoms with Gasteiger partial charge in [0.1, 0.15) is 13.2 Å². The third kappa shape index (κ3) is 5.32. The molecule has 0 spiro atoms.